The number of benzene rings is 1. The molecule has 8 nitrogen and oxygen atoms in total. The van der Waals surface area contributed by atoms with E-state index in [1.54, 1.807) is 29.7 Å². The third-order valence-electron chi connectivity index (χ3n) is 3.79. The Kier molecular flexibility index (Phi) is 6.64. The van der Waals surface area contributed by atoms with Gasteiger partial charge >= 0.3 is 0 Å². The normalized spacial score (nSPS) is 10.7. The summed E-state index contributed by atoms with van der Waals surface area (Å²) in [5.41, 5.74) is 3.29. The van der Waals surface area contributed by atoms with E-state index in [0.717, 1.165) is 27.0 Å². The Morgan fingerprint density at radius 3 is 2.54 bits per heavy atom. The molecule has 4 N–H and O–H groups in total. The highest BCUT2D eigenvalue weighted by atomic mass is 32.1. The molecular weight excluding hydrogens is 376 g/mol. The monoisotopic (exact) mass is 398 g/mol. The van der Waals surface area contributed by atoms with Crippen LogP contribution in [0.3, 0.4) is 0 Å². The van der Waals surface area contributed by atoms with Gasteiger partial charge in [-0.15, -0.1) is 11.3 Å². The molecular formula is C19H22N6O2S. The van der Waals surface area contributed by atoms with Gasteiger partial charge in [0.2, 0.25) is 11.9 Å². The summed E-state index contributed by atoms with van der Waals surface area (Å²) in [6.07, 6.45) is 1.72. The van der Waals surface area contributed by atoms with Crippen molar-refractivity contribution in [2.45, 2.75) is 13.8 Å². The fraction of sp³-hybridized carbons (Fsp3) is 0.263. The van der Waals surface area contributed by atoms with E-state index < -0.39 is 0 Å². The quantitative estimate of drug-likeness (QED) is 0.431. The van der Waals surface area contributed by atoms with Gasteiger partial charge in [-0.3, -0.25) is 4.79 Å². The van der Waals surface area contributed by atoms with E-state index in [9.17, 15) is 4.79 Å². The number of nitrogens with zero attached hydrogens (tertiary/aromatic N) is 3. The molecule has 146 valence electrons. The molecule has 9 heteroatoms. The van der Waals surface area contributed by atoms with Crippen molar-refractivity contribution in [2.75, 3.05) is 30.3 Å². The molecule has 3 aromatic rings. The summed E-state index contributed by atoms with van der Waals surface area (Å²) in [7, 11) is 0. The Labute approximate surface area is 167 Å². The number of nitrogens with one attached hydrogen (secondary N) is 3. The average Bonchev–Trinajstić information content (AvgIpc) is 3.02. The molecule has 0 atom stereocenters. The molecule has 0 saturated carbocycles. The molecule has 0 spiro atoms. The number of thiazole rings is 1. The largest absolute Gasteiger partial charge is 0.395 e. The second-order valence-electron chi connectivity index (χ2n) is 6.06. The standard InChI is InChI=1S/C19H22N6O2S/c1-12-18(28-13(2)22-12)16-7-8-21-19(25-16)24-15-5-3-14(4-6-15)23-17(27)11-20-9-10-26/h3-8,20,26H,9-11H2,1-2H3,(H,23,27)(H,21,24,25). The van der Waals surface area contributed by atoms with E-state index in [-0.39, 0.29) is 19.1 Å². The number of anilines is 3. The molecule has 2 aromatic heterocycles. The van der Waals surface area contributed by atoms with Crippen LogP contribution in [-0.2, 0) is 4.79 Å². The van der Waals surface area contributed by atoms with Gasteiger partial charge in [0.1, 0.15) is 0 Å². The van der Waals surface area contributed by atoms with Crippen LogP contribution in [0.15, 0.2) is 36.5 Å². The highest BCUT2D eigenvalue weighted by Gasteiger charge is 2.10. The van der Waals surface area contributed by atoms with Crippen LogP contribution in [-0.4, -0.2) is 45.7 Å². The van der Waals surface area contributed by atoms with E-state index in [4.69, 9.17) is 5.11 Å². The van der Waals surface area contributed by atoms with Crippen LogP contribution >= 0.6 is 11.3 Å². The molecule has 1 aromatic carbocycles. The third-order valence-corrected chi connectivity index (χ3v) is 4.89. The number of aromatic nitrogens is 3. The Hall–Kier alpha value is -2.88. The van der Waals surface area contributed by atoms with Gasteiger partial charge in [0.05, 0.1) is 34.4 Å². The van der Waals surface area contributed by atoms with E-state index in [0.29, 0.717) is 18.2 Å². The molecule has 0 fully saturated rings. The number of hydrogen-bond donors (Lipinski definition) is 4. The van der Waals surface area contributed by atoms with Crippen molar-refractivity contribution in [2.24, 2.45) is 0 Å². The number of carbonyl (C=O) groups excluding carboxylic acids is 1. The van der Waals surface area contributed by atoms with Crippen molar-refractivity contribution in [1.29, 1.82) is 0 Å². The minimum Gasteiger partial charge on any atom is -0.395 e. The molecule has 3 rings (SSSR count). The van der Waals surface area contributed by atoms with E-state index in [1.807, 2.05) is 32.0 Å². The summed E-state index contributed by atoms with van der Waals surface area (Å²) < 4.78 is 0. The molecule has 0 saturated heterocycles. The molecule has 0 bridgehead atoms. The molecule has 2 heterocycles. The van der Waals surface area contributed by atoms with Crippen molar-refractivity contribution in [3.8, 4) is 10.6 Å². The summed E-state index contributed by atoms with van der Waals surface area (Å²) in [6.45, 7) is 4.48. The van der Waals surface area contributed by atoms with Crippen molar-refractivity contribution < 1.29 is 9.90 Å². The van der Waals surface area contributed by atoms with Gasteiger partial charge in [-0.05, 0) is 44.2 Å². The summed E-state index contributed by atoms with van der Waals surface area (Å²) >= 11 is 1.61. The Morgan fingerprint density at radius 1 is 1.11 bits per heavy atom. The predicted octanol–water partition coefficient (Wildman–Crippen LogP) is 2.48. The lowest BCUT2D eigenvalue weighted by atomic mass is 10.2. The van der Waals surface area contributed by atoms with Gasteiger partial charge in [-0.2, -0.15) is 0 Å². The zero-order valence-corrected chi connectivity index (χ0v) is 16.5. The van der Waals surface area contributed by atoms with Crippen LogP contribution in [0.25, 0.3) is 10.6 Å². The van der Waals surface area contributed by atoms with Crippen molar-refractivity contribution in [1.82, 2.24) is 20.3 Å². The van der Waals surface area contributed by atoms with E-state index in [1.165, 1.54) is 0 Å². The maximum atomic E-state index is 11.8. The molecule has 0 aliphatic rings. The Balaban J connectivity index is 1.63. The van der Waals surface area contributed by atoms with Gasteiger partial charge in [0, 0.05) is 24.1 Å². The third kappa shape index (κ3) is 5.32. The maximum absolute atomic E-state index is 11.8. The molecule has 0 aliphatic heterocycles. The van der Waals surface area contributed by atoms with Crippen LogP contribution in [0, 0.1) is 13.8 Å². The zero-order chi connectivity index (χ0) is 19.9. The summed E-state index contributed by atoms with van der Waals surface area (Å²) in [4.78, 5) is 26.1. The van der Waals surface area contributed by atoms with Crippen molar-refractivity contribution in [3.63, 3.8) is 0 Å². The van der Waals surface area contributed by atoms with E-state index >= 15 is 0 Å². The first-order chi connectivity index (χ1) is 13.5. The Bertz CT molecular complexity index is 942. The number of aliphatic hydroxyl groups excluding tert-OH is 1. The lowest BCUT2D eigenvalue weighted by molar-refractivity contribution is -0.115. The minimum absolute atomic E-state index is 0.000903. The number of aryl methyl sites for hydroxylation is 2. The first kappa shape index (κ1) is 19.9. The molecule has 0 unspecified atom stereocenters. The Morgan fingerprint density at radius 2 is 1.86 bits per heavy atom. The first-order valence-electron chi connectivity index (χ1n) is 8.81. The highest BCUT2D eigenvalue weighted by molar-refractivity contribution is 7.15. The second-order valence-corrected chi connectivity index (χ2v) is 7.27. The maximum Gasteiger partial charge on any atom is 0.238 e. The van der Waals surface area contributed by atoms with Crippen LogP contribution in [0.4, 0.5) is 17.3 Å². The first-order valence-corrected chi connectivity index (χ1v) is 9.63. The fourth-order valence-electron chi connectivity index (χ4n) is 2.57. The lowest BCUT2D eigenvalue weighted by Crippen LogP contribution is -2.29. The van der Waals surface area contributed by atoms with Crippen molar-refractivity contribution >= 4 is 34.6 Å². The van der Waals surface area contributed by atoms with E-state index in [2.05, 4.69) is 30.9 Å². The van der Waals surface area contributed by atoms with Crippen LogP contribution in [0.2, 0.25) is 0 Å². The SMILES string of the molecule is Cc1nc(C)c(-c2ccnc(Nc3ccc(NC(=O)CNCCO)cc3)n2)s1. The predicted molar refractivity (Wildman–Crippen MR) is 111 cm³/mol. The lowest BCUT2D eigenvalue weighted by Gasteiger charge is -2.09. The molecule has 1 amide bonds. The number of rotatable bonds is 8. The topological polar surface area (TPSA) is 112 Å². The van der Waals surface area contributed by atoms with Gasteiger partial charge in [-0.1, -0.05) is 0 Å². The molecule has 28 heavy (non-hydrogen) atoms. The van der Waals surface area contributed by atoms with Gasteiger partial charge in [0.15, 0.2) is 0 Å². The number of aliphatic hydroxyl groups is 1. The molecule has 0 radical (unpaired) electrons. The average molecular weight is 398 g/mol. The van der Waals surface area contributed by atoms with Crippen LogP contribution in [0.5, 0.6) is 0 Å². The summed E-state index contributed by atoms with van der Waals surface area (Å²) in [5.74, 6) is 0.327. The van der Waals surface area contributed by atoms with Crippen LogP contribution < -0.4 is 16.0 Å². The summed E-state index contributed by atoms with van der Waals surface area (Å²) in [6, 6.07) is 9.15. The minimum atomic E-state index is -0.166. The summed E-state index contributed by atoms with van der Waals surface area (Å²) in [5, 5.41) is 18.5. The fourth-order valence-corrected chi connectivity index (χ4v) is 3.46. The number of amides is 1. The second kappa shape index (κ2) is 9.36. The zero-order valence-electron chi connectivity index (χ0n) is 15.7. The van der Waals surface area contributed by atoms with Gasteiger partial charge < -0.3 is 21.1 Å². The number of carbonyl (C=O) groups is 1. The van der Waals surface area contributed by atoms with Crippen LogP contribution in [0.1, 0.15) is 10.7 Å². The van der Waals surface area contributed by atoms with Gasteiger partial charge in [-0.25, -0.2) is 15.0 Å². The van der Waals surface area contributed by atoms with Crippen molar-refractivity contribution in [3.05, 3.63) is 47.2 Å². The van der Waals surface area contributed by atoms with Gasteiger partial charge in [0.25, 0.3) is 0 Å². The highest BCUT2D eigenvalue weighted by Crippen LogP contribution is 2.28. The smallest absolute Gasteiger partial charge is 0.238 e. The number of hydrogen-bond acceptors (Lipinski definition) is 8. The molecule has 0 aliphatic carbocycles.